The first-order valence-corrected chi connectivity index (χ1v) is 10.1. The van der Waals surface area contributed by atoms with Gasteiger partial charge in [-0.2, -0.15) is 11.8 Å². The summed E-state index contributed by atoms with van der Waals surface area (Å²) in [5.74, 6) is 0.503. The Balaban J connectivity index is 1.46. The van der Waals surface area contributed by atoms with Crippen LogP contribution in [0.5, 0.6) is 0 Å². The van der Waals surface area contributed by atoms with Crippen LogP contribution >= 0.6 is 11.8 Å². The predicted octanol–water partition coefficient (Wildman–Crippen LogP) is 1.69. The molecule has 1 aromatic carbocycles. The fraction of sp³-hybridized carbons (Fsp3) is 0.474. The molecule has 1 aromatic rings. The van der Waals surface area contributed by atoms with E-state index in [0.717, 1.165) is 24.6 Å². The molecule has 0 aliphatic carbocycles. The lowest BCUT2D eigenvalue weighted by Gasteiger charge is -2.32. The summed E-state index contributed by atoms with van der Waals surface area (Å²) in [7, 11) is 0. The number of carbonyl (C=O) groups excluding carboxylic acids is 2. The molecule has 4 heterocycles. The van der Waals surface area contributed by atoms with Crippen LogP contribution in [0.15, 0.2) is 36.4 Å². The summed E-state index contributed by atoms with van der Waals surface area (Å²) in [6.45, 7) is 1.83. The van der Waals surface area contributed by atoms with E-state index in [-0.39, 0.29) is 23.7 Å². The van der Waals surface area contributed by atoms with Gasteiger partial charge in [0, 0.05) is 30.3 Å². The molecular weight excluding hydrogens is 355 g/mol. The Hall–Kier alpha value is -1.86. The van der Waals surface area contributed by atoms with Crippen LogP contribution in [0, 0.1) is 17.7 Å². The molecule has 2 bridgehead atoms. The molecule has 136 valence electrons. The van der Waals surface area contributed by atoms with Crippen molar-refractivity contribution in [2.24, 2.45) is 11.8 Å². The number of rotatable bonds is 2. The summed E-state index contributed by atoms with van der Waals surface area (Å²) in [5, 5.41) is 0. The molecule has 0 saturated carbocycles. The smallest absolute Gasteiger partial charge is 0.234 e. The summed E-state index contributed by atoms with van der Waals surface area (Å²) in [6, 6.07) is 5.88. The van der Waals surface area contributed by atoms with Crippen molar-refractivity contribution in [3.05, 3.63) is 42.2 Å². The number of hydrogen-bond donors (Lipinski definition) is 0. The van der Waals surface area contributed by atoms with Crippen molar-refractivity contribution in [3.8, 4) is 0 Å². The normalized spacial score (nSPS) is 35.3. The maximum Gasteiger partial charge on any atom is 0.234 e. The molecule has 2 amide bonds. The van der Waals surface area contributed by atoms with Crippen LogP contribution in [0.1, 0.15) is 0 Å². The van der Waals surface area contributed by atoms with E-state index in [0.29, 0.717) is 12.2 Å². The minimum Gasteiger partial charge on any atom is -0.360 e. The highest BCUT2D eigenvalue weighted by Gasteiger charge is 2.67. The Morgan fingerprint density at radius 1 is 1.23 bits per heavy atom. The molecule has 5 nitrogen and oxygen atoms in total. The minimum atomic E-state index is -0.735. The lowest BCUT2D eigenvalue weighted by Crippen LogP contribution is -2.48. The third kappa shape index (κ3) is 2.26. The van der Waals surface area contributed by atoms with Crippen LogP contribution in [-0.2, 0) is 14.3 Å². The van der Waals surface area contributed by atoms with Gasteiger partial charge in [0.1, 0.15) is 11.4 Å². The van der Waals surface area contributed by atoms with Gasteiger partial charge in [-0.1, -0.05) is 12.2 Å². The SMILES string of the molecule is O=C([C@@H]1[C@@H]2C=C[C@@]3(CN(c4ccc(F)cc4)C(=O)[C@@H]13)O2)N1CCSCC1. The Labute approximate surface area is 155 Å². The van der Waals surface area contributed by atoms with Gasteiger partial charge in [0.25, 0.3) is 0 Å². The zero-order valence-corrected chi connectivity index (χ0v) is 15.0. The zero-order chi connectivity index (χ0) is 17.9. The summed E-state index contributed by atoms with van der Waals surface area (Å²) in [6.07, 6.45) is 3.56. The number of amides is 2. The molecule has 7 heteroatoms. The first-order valence-electron chi connectivity index (χ1n) is 8.90. The van der Waals surface area contributed by atoms with E-state index in [2.05, 4.69) is 0 Å². The van der Waals surface area contributed by atoms with Crippen LogP contribution in [0.4, 0.5) is 10.1 Å². The van der Waals surface area contributed by atoms with E-state index < -0.39 is 17.4 Å². The predicted molar refractivity (Wildman–Crippen MR) is 96.4 cm³/mol. The molecule has 4 atom stereocenters. The van der Waals surface area contributed by atoms with Gasteiger partial charge in [-0.25, -0.2) is 4.39 Å². The van der Waals surface area contributed by atoms with Crippen LogP contribution in [0.2, 0.25) is 0 Å². The van der Waals surface area contributed by atoms with E-state index >= 15 is 0 Å². The maximum atomic E-state index is 13.2. The first kappa shape index (κ1) is 16.3. The molecule has 0 unspecified atom stereocenters. The second-order valence-electron chi connectivity index (χ2n) is 7.24. The van der Waals surface area contributed by atoms with E-state index in [4.69, 9.17) is 4.74 Å². The van der Waals surface area contributed by atoms with Crippen molar-refractivity contribution in [3.63, 3.8) is 0 Å². The van der Waals surface area contributed by atoms with Gasteiger partial charge < -0.3 is 14.5 Å². The number of halogens is 1. The Morgan fingerprint density at radius 3 is 2.69 bits per heavy atom. The average molecular weight is 374 g/mol. The molecule has 4 aliphatic heterocycles. The van der Waals surface area contributed by atoms with E-state index in [9.17, 15) is 14.0 Å². The highest BCUT2D eigenvalue weighted by Crippen LogP contribution is 2.53. The van der Waals surface area contributed by atoms with Gasteiger partial charge in [0.15, 0.2) is 0 Å². The number of hydrogen-bond acceptors (Lipinski definition) is 4. The van der Waals surface area contributed by atoms with E-state index in [1.807, 2.05) is 28.8 Å². The molecule has 0 radical (unpaired) electrons. The number of anilines is 1. The van der Waals surface area contributed by atoms with Crippen molar-refractivity contribution in [1.29, 1.82) is 0 Å². The molecule has 4 aliphatic rings. The zero-order valence-electron chi connectivity index (χ0n) is 14.1. The van der Waals surface area contributed by atoms with Crippen LogP contribution in [0.25, 0.3) is 0 Å². The van der Waals surface area contributed by atoms with Gasteiger partial charge >= 0.3 is 0 Å². The Bertz CT molecular complexity index is 792. The van der Waals surface area contributed by atoms with Crippen LogP contribution < -0.4 is 4.90 Å². The largest absolute Gasteiger partial charge is 0.360 e. The van der Waals surface area contributed by atoms with E-state index in [1.54, 1.807) is 17.0 Å². The minimum absolute atomic E-state index is 0.0285. The maximum absolute atomic E-state index is 13.2. The number of fused-ring (bicyclic) bond motifs is 1. The average Bonchev–Trinajstić information content (AvgIpc) is 3.31. The molecule has 0 aromatic heterocycles. The summed E-state index contributed by atoms with van der Waals surface area (Å²) in [4.78, 5) is 29.8. The molecular formula is C19H19FN2O3S. The van der Waals surface area contributed by atoms with Crippen LogP contribution in [0.3, 0.4) is 0 Å². The highest BCUT2D eigenvalue weighted by atomic mass is 32.2. The number of benzene rings is 1. The summed E-state index contributed by atoms with van der Waals surface area (Å²) in [5.41, 5.74) is -0.0951. The summed E-state index contributed by atoms with van der Waals surface area (Å²) >= 11 is 1.85. The first-order chi connectivity index (χ1) is 12.6. The molecule has 26 heavy (non-hydrogen) atoms. The topological polar surface area (TPSA) is 49.9 Å². The fourth-order valence-electron chi connectivity index (χ4n) is 4.61. The third-order valence-corrected chi connectivity index (χ3v) is 6.79. The summed E-state index contributed by atoms with van der Waals surface area (Å²) < 4.78 is 19.4. The Kier molecular flexibility index (Phi) is 3.66. The molecule has 0 N–H and O–H groups in total. The fourth-order valence-corrected chi connectivity index (χ4v) is 5.52. The molecule has 3 fully saturated rings. The van der Waals surface area contributed by atoms with Crippen molar-refractivity contribution in [2.75, 3.05) is 36.0 Å². The second-order valence-corrected chi connectivity index (χ2v) is 8.46. The lowest BCUT2D eigenvalue weighted by molar-refractivity contribution is -0.140. The van der Waals surface area contributed by atoms with Gasteiger partial charge in [-0.05, 0) is 24.3 Å². The monoisotopic (exact) mass is 374 g/mol. The molecule has 5 rings (SSSR count). The molecule has 3 saturated heterocycles. The van der Waals surface area contributed by atoms with Gasteiger partial charge in [0.05, 0.1) is 24.5 Å². The number of carbonyl (C=O) groups is 2. The van der Waals surface area contributed by atoms with Crippen molar-refractivity contribution in [1.82, 2.24) is 4.90 Å². The van der Waals surface area contributed by atoms with Gasteiger partial charge in [-0.3, -0.25) is 9.59 Å². The van der Waals surface area contributed by atoms with Gasteiger partial charge in [-0.15, -0.1) is 0 Å². The number of nitrogens with zero attached hydrogens (tertiary/aromatic N) is 2. The van der Waals surface area contributed by atoms with Crippen molar-refractivity contribution < 1.29 is 18.7 Å². The molecule has 1 spiro atoms. The quantitative estimate of drug-likeness (QED) is 0.740. The lowest BCUT2D eigenvalue weighted by atomic mass is 9.76. The van der Waals surface area contributed by atoms with Crippen molar-refractivity contribution >= 4 is 29.3 Å². The van der Waals surface area contributed by atoms with Crippen molar-refractivity contribution in [2.45, 2.75) is 11.7 Å². The van der Waals surface area contributed by atoms with Gasteiger partial charge in [0.2, 0.25) is 11.8 Å². The second kappa shape index (κ2) is 5.82. The van der Waals surface area contributed by atoms with Crippen LogP contribution in [-0.4, -0.2) is 59.6 Å². The third-order valence-electron chi connectivity index (χ3n) is 5.85. The number of thioether (sulfide) groups is 1. The van der Waals surface area contributed by atoms with E-state index in [1.165, 1.54) is 12.1 Å². The highest BCUT2D eigenvalue weighted by molar-refractivity contribution is 7.99. The number of ether oxygens (including phenoxy) is 1. The Morgan fingerprint density at radius 2 is 1.96 bits per heavy atom. The standard InChI is InChI=1S/C19H19FN2O3S/c20-12-1-3-13(4-2-12)22-11-19-6-5-14(25-19)15(16(19)18(22)24)17(23)21-7-9-26-10-8-21/h1-6,14-16H,7-11H2/t14-,15+,16+,19-/m0/s1.